The number of carbonyl (C=O) groups is 2. The fourth-order valence-corrected chi connectivity index (χ4v) is 1.82. The Hall–Kier alpha value is 0.486. The molecule has 106 valence electrons. The van der Waals surface area contributed by atoms with Gasteiger partial charge in [0.25, 0.3) is 0 Å². The molecule has 0 aromatic heterocycles. The largest absolute Gasteiger partial charge is 1.00 e. The Bertz CT molecular complexity index is 379. The zero-order valence-corrected chi connectivity index (χ0v) is 15.1. The van der Waals surface area contributed by atoms with Crippen LogP contribution in [0.2, 0.25) is 0 Å². The molecule has 19 heavy (non-hydrogen) atoms. The molecule has 1 unspecified atom stereocenters. The summed E-state index contributed by atoms with van der Waals surface area (Å²) in [7, 11) is -3.09. The molecule has 0 fully saturated rings. The number of hydrogen-bond acceptors (Lipinski definition) is 7. The number of aliphatic carboxylic acids is 1. The van der Waals surface area contributed by atoms with E-state index >= 15 is 0 Å². The standard InChI is InChI=1S/C10H18O7S.K/c1-18(15,16)6-2-3-10(14)17-5-4-8(11)7-9(12)13;/h8,11H,2-7H2,1H3,(H,12,13);/q;+1/p-1. The monoisotopic (exact) mass is 320 g/mol. The van der Waals surface area contributed by atoms with Gasteiger partial charge >= 0.3 is 57.4 Å². The third-order valence-electron chi connectivity index (χ3n) is 2.01. The van der Waals surface area contributed by atoms with Gasteiger partial charge in [0.05, 0.1) is 18.5 Å². The van der Waals surface area contributed by atoms with Crippen molar-refractivity contribution in [2.24, 2.45) is 0 Å². The molecule has 0 aromatic rings. The van der Waals surface area contributed by atoms with Crippen molar-refractivity contribution in [3.8, 4) is 0 Å². The summed E-state index contributed by atoms with van der Waals surface area (Å²) in [5.74, 6) is -2.03. The first-order chi connectivity index (χ1) is 8.20. The van der Waals surface area contributed by atoms with Gasteiger partial charge < -0.3 is 19.7 Å². The molecule has 9 heteroatoms. The molecule has 0 rings (SSSR count). The van der Waals surface area contributed by atoms with Gasteiger partial charge in [-0.15, -0.1) is 0 Å². The Morgan fingerprint density at radius 3 is 2.42 bits per heavy atom. The topological polar surface area (TPSA) is 121 Å². The fourth-order valence-electron chi connectivity index (χ4n) is 1.15. The summed E-state index contributed by atoms with van der Waals surface area (Å²) in [6.45, 7) is -0.105. The third kappa shape index (κ3) is 16.4. The van der Waals surface area contributed by atoms with Crippen LogP contribution < -0.4 is 56.5 Å². The van der Waals surface area contributed by atoms with Gasteiger partial charge in [-0.1, -0.05) is 0 Å². The van der Waals surface area contributed by atoms with E-state index in [1.54, 1.807) is 0 Å². The van der Waals surface area contributed by atoms with Crippen LogP contribution in [0.25, 0.3) is 0 Å². The molecule has 0 aliphatic rings. The van der Waals surface area contributed by atoms with Crippen molar-refractivity contribution in [3.05, 3.63) is 0 Å². The summed E-state index contributed by atoms with van der Waals surface area (Å²) >= 11 is 0. The summed E-state index contributed by atoms with van der Waals surface area (Å²) < 4.78 is 26.2. The van der Waals surface area contributed by atoms with E-state index in [0.717, 1.165) is 6.26 Å². The summed E-state index contributed by atoms with van der Waals surface area (Å²) in [6.07, 6.45) is -0.381. The molecule has 0 radical (unpaired) electrons. The zero-order chi connectivity index (χ0) is 14.2. The van der Waals surface area contributed by atoms with Gasteiger partial charge in [-0.3, -0.25) is 4.79 Å². The number of hydrogen-bond donors (Lipinski definition) is 1. The van der Waals surface area contributed by atoms with Crippen LogP contribution in [-0.2, 0) is 24.2 Å². The van der Waals surface area contributed by atoms with Crippen LogP contribution >= 0.6 is 0 Å². The summed E-state index contributed by atoms with van der Waals surface area (Å²) in [5, 5.41) is 19.2. The van der Waals surface area contributed by atoms with Crippen LogP contribution in [0, 0.1) is 0 Å². The number of aliphatic hydroxyl groups is 1. The third-order valence-corrected chi connectivity index (χ3v) is 3.04. The second-order valence-electron chi connectivity index (χ2n) is 3.97. The Morgan fingerprint density at radius 2 is 1.95 bits per heavy atom. The summed E-state index contributed by atoms with van der Waals surface area (Å²) in [4.78, 5) is 21.2. The molecule has 1 N–H and O–H groups in total. The van der Waals surface area contributed by atoms with Crippen LogP contribution in [0.4, 0.5) is 0 Å². The predicted octanol–water partition coefficient (Wildman–Crippen LogP) is -4.75. The Morgan fingerprint density at radius 1 is 1.37 bits per heavy atom. The van der Waals surface area contributed by atoms with Crippen LogP contribution in [0.1, 0.15) is 25.7 Å². The average Bonchev–Trinajstić information content (AvgIpc) is 2.13. The van der Waals surface area contributed by atoms with Gasteiger partial charge in [-0.2, -0.15) is 0 Å². The van der Waals surface area contributed by atoms with Gasteiger partial charge in [-0.25, -0.2) is 8.42 Å². The van der Waals surface area contributed by atoms with Crippen molar-refractivity contribution in [1.29, 1.82) is 0 Å². The van der Waals surface area contributed by atoms with Gasteiger partial charge in [0, 0.05) is 31.5 Å². The molecule has 1 atom stereocenters. The van der Waals surface area contributed by atoms with Gasteiger partial charge in [-0.05, 0) is 6.42 Å². The Balaban J connectivity index is 0. The number of carboxylic acid groups (broad SMARTS) is 1. The molecular weight excluding hydrogens is 303 g/mol. The Labute approximate surface area is 155 Å². The van der Waals surface area contributed by atoms with E-state index < -0.39 is 34.3 Å². The normalized spacial score (nSPS) is 12.3. The second-order valence-corrected chi connectivity index (χ2v) is 6.23. The van der Waals surface area contributed by atoms with Crippen molar-refractivity contribution >= 4 is 21.8 Å². The van der Waals surface area contributed by atoms with E-state index in [0.29, 0.717) is 0 Å². The minimum absolute atomic E-state index is 0. The first-order valence-corrected chi connectivity index (χ1v) is 7.48. The molecular formula is C10H17KO7S. The van der Waals surface area contributed by atoms with Crippen molar-refractivity contribution < 1.29 is 84.3 Å². The molecule has 0 spiro atoms. The molecule has 0 aromatic carbocycles. The van der Waals surface area contributed by atoms with Crippen LogP contribution in [-0.4, -0.2) is 50.2 Å². The van der Waals surface area contributed by atoms with E-state index in [1.165, 1.54) is 0 Å². The predicted molar refractivity (Wildman–Crippen MR) is 60.2 cm³/mol. The first kappa shape index (κ1) is 21.8. The maximum Gasteiger partial charge on any atom is 1.00 e. The SMILES string of the molecule is CS(=O)(=O)CCCC(=O)OCCC(O)CC(=O)[O-].[K+]. The summed E-state index contributed by atoms with van der Waals surface area (Å²) in [5.41, 5.74) is 0. The van der Waals surface area contributed by atoms with Crippen molar-refractivity contribution in [2.45, 2.75) is 31.8 Å². The van der Waals surface area contributed by atoms with Crippen LogP contribution in [0.5, 0.6) is 0 Å². The number of carbonyl (C=O) groups excluding carboxylic acids is 2. The van der Waals surface area contributed by atoms with Gasteiger partial charge in [0.1, 0.15) is 9.84 Å². The van der Waals surface area contributed by atoms with Crippen molar-refractivity contribution in [1.82, 2.24) is 0 Å². The fraction of sp³-hybridized carbons (Fsp3) is 0.800. The molecule has 7 nitrogen and oxygen atoms in total. The van der Waals surface area contributed by atoms with Crippen LogP contribution in [0.15, 0.2) is 0 Å². The number of esters is 1. The number of carboxylic acids is 1. The maximum absolute atomic E-state index is 11.1. The molecule has 0 aliphatic heterocycles. The number of aliphatic hydroxyl groups excluding tert-OH is 1. The van der Waals surface area contributed by atoms with E-state index in [9.17, 15) is 23.1 Å². The maximum atomic E-state index is 11.1. The van der Waals surface area contributed by atoms with E-state index in [1.807, 2.05) is 0 Å². The van der Waals surface area contributed by atoms with Crippen LogP contribution in [0.3, 0.4) is 0 Å². The minimum atomic E-state index is -3.09. The zero-order valence-electron chi connectivity index (χ0n) is 11.1. The molecule has 0 saturated heterocycles. The molecule has 0 heterocycles. The molecule has 0 aliphatic carbocycles. The Kier molecular flexibility index (Phi) is 12.8. The van der Waals surface area contributed by atoms with Crippen molar-refractivity contribution in [2.75, 3.05) is 18.6 Å². The van der Waals surface area contributed by atoms with E-state index in [4.69, 9.17) is 9.84 Å². The molecule has 0 bridgehead atoms. The quantitative estimate of drug-likeness (QED) is 0.334. The summed E-state index contributed by atoms with van der Waals surface area (Å²) in [6, 6.07) is 0. The second kappa shape index (κ2) is 11.2. The number of ether oxygens (including phenoxy) is 1. The van der Waals surface area contributed by atoms with Crippen molar-refractivity contribution in [3.63, 3.8) is 0 Å². The van der Waals surface area contributed by atoms with Gasteiger partial charge in [0.15, 0.2) is 0 Å². The number of rotatable bonds is 9. The first-order valence-electron chi connectivity index (χ1n) is 5.42. The average molecular weight is 320 g/mol. The smallest absolute Gasteiger partial charge is 0.550 e. The van der Waals surface area contributed by atoms with Gasteiger partial charge in [0.2, 0.25) is 0 Å². The van der Waals surface area contributed by atoms with E-state index in [2.05, 4.69) is 0 Å². The van der Waals surface area contributed by atoms with E-state index in [-0.39, 0.29) is 83.0 Å². The number of sulfone groups is 1. The minimum Gasteiger partial charge on any atom is -0.550 e. The molecule has 0 amide bonds. The molecule has 0 saturated carbocycles.